The summed E-state index contributed by atoms with van der Waals surface area (Å²) in [5.41, 5.74) is 6.41. The summed E-state index contributed by atoms with van der Waals surface area (Å²) < 4.78 is 4.58. The topological polar surface area (TPSA) is 77.2 Å². The van der Waals surface area contributed by atoms with E-state index in [2.05, 4.69) is 26.9 Å². The second-order valence-corrected chi connectivity index (χ2v) is 2.98. The van der Waals surface area contributed by atoms with Gasteiger partial charge in [-0.3, -0.25) is 0 Å². The van der Waals surface area contributed by atoms with E-state index in [1.807, 2.05) is 0 Å². The van der Waals surface area contributed by atoms with Gasteiger partial charge in [-0.05, 0) is 13.1 Å². The number of nitrogens with zero attached hydrogens (tertiary/aromatic N) is 1. The molecule has 0 radical (unpaired) electrons. The maximum absolute atomic E-state index is 11.3. The molecule has 84 valence electrons. The molecule has 0 aliphatic rings. The molecule has 0 atom stereocenters. The van der Waals surface area contributed by atoms with Gasteiger partial charge in [0, 0.05) is 11.8 Å². The molecule has 5 heteroatoms. The third-order valence-electron chi connectivity index (χ3n) is 1.82. The van der Waals surface area contributed by atoms with Gasteiger partial charge in [0.2, 0.25) is 0 Å². The van der Waals surface area contributed by atoms with Gasteiger partial charge in [-0.2, -0.15) is 0 Å². The lowest BCUT2D eigenvalue weighted by Gasteiger charge is -2.02. The first-order chi connectivity index (χ1) is 7.69. The minimum atomic E-state index is -0.512. The normalized spacial score (nSPS) is 9.12. The van der Waals surface area contributed by atoms with Crippen LogP contribution in [0.3, 0.4) is 0 Å². The SMILES string of the molecule is CNCC#Cc1cnc(N)c(C(=O)OC)c1. The molecule has 16 heavy (non-hydrogen) atoms. The van der Waals surface area contributed by atoms with Crippen molar-refractivity contribution in [3.63, 3.8) is 0 Å². The Morgan fingerprint density at radius 2 is 2.44 bits per heavy atom. The lowest BCUT2D eigenvalue weighted by atomic mass is 10.2. The number of carbonyl (C=O) groups excluding carboxylic acids is 1. The summed E-state index contributed by atoms with van der Waals surface area (Å²) >= 11 is 0. The molecule has 1 rings (SSSR count). The maximum Gasteiger partial charge on any atom is 0.341 e. The van der Waals surface area contributed by atoms with Crippen molar-refractivity contribution in [3.8, 4) is 11.8 Å². The lowest BCUT2D eigenvalue weighted by Crippen LogP contribution is -2.08. The van der Waals surface area contributed by atoms with Crippen LogP contribution < -0.4 is 11.1 Å². The van der Waals surface area contributed by atoms with Gasteiger partial charge in [0.1, 0.15) is 11.4 Å². The van der Waals surface area contributed by atoms with Gasteiger partial charge in [-0.15, -0.1) is 0 Å². The van der Waals surface area contributed by atoms with E-state index < -0.39 is 5.97 Å². The third-order valence-corrected chi connectivity index (χ3v) is 1.82. The minimum Gasteiger partial charge on any atom is -0.465 e. The number of hydrogen-bond acceptors (Lipinski definition) is 5. The van der Waals surface area contributed by atoms with Crippen LogP contribution in [0.1, 0.15) is 15.9 Å². The van der Waals surface area contributed by atoms with E-state index in [4.69, 9.17) is 5.73 Å². The Kier molecular flexibility index (Phi) is 4.30. The predicted molar refractivity (Wildman–Crippen MR) is 60.8 cm³/mol. The van der Waals surface area contributed by atoms with Gasteiger partial charge >= 0.3 is 5.97 Å². The van der Waals surface area contributed by atoms with Crippen LogP contribution in [0.25, 0.3) is 0 Å². The zero-order chi connectivity index (χ0) is 12.0. The van der Waals surface area contributed by atoms with E-state index in [9.17, 15) is 4.79 Å². The van der Waals surface area contributed by atoms with E-state index in [1.165, 1.54) is 13.3 Å². The number of esters is 1. The molecule has 0 fully saturated rings. The number of ether oxygens (including phenoxy) is 1. The number of nitrogen functional groups attached to an aromatic ring is 1. The first kappa shape index (κ1) is 12.0. The average Bonchev–Trinajstić information content (AvgIpc) is 2.30. The second-order valence-electron chi connectivity index (χ2n) is 2.98. The molecule has 0 saturated heterocycles. The molecular weight excluding hydrogens is 206 g/mol. The summed E-state index contributed by atoms with van der Waals surface area (Å²) in [6, 6.07) is 1.57. The highest BCUT2D eigenvalue weighted by Crippen LogP contribution is 2.11. The van der Waals surface area contributed by atoms with Crippen LogP contribution in [0, 0.1) is 11.8 Å². The highest BCUT2D eigenvalue weighted by molar-refractivity contribution is 5.94. The van der Waals surface area contributed by atoms with Crippen molar-refractivity contribution in [3.05, 3.63) is 23.4 Å². The van der Waals surface area contributed by atoms with Crippen molar-refractivity contribution in [2.45, 2.75) is 0 Å². The number of nitrogens with two attached hydrogens (primary N) is 1. The molecule has 1 aromatic rings. The van der Waals surface area contributed by atoms with Crippen molar-refractivity contribution in [2.24, 2.45) is 0 Å². The summed E-state index contributed by atoms with van der Waals surface area (Å²) in [5, 5.41) is 2.89. The number of anilines is 1. The van der Waals surface area contributed by atoms with Crippen LogP contribution in [-0.4, -0.2) is 31.7 Å². The number of rotatable bonds is 2. The van der Waals surface area contributed by atoms with Crippen LogP contribution >= 0.6 is 0 Å². The van der Waals surface area contributed by atoms with Crippen molar-refractivity contribution in [2.75, 3.05) is 26.4 Å². The smallest absolute Gasteiger partial charge is 0.341 e. The zero-order valence-electron chi connectivity index (χ0n) is 9.20. The number of methoxy groups -OCH3 is 1. The van der Waals surface area contributed by atoms with Crippen LogP contribution in [0.2, 0.25) is 0 Å². The minimum absolute atomic E-state index is 0.144. The van der Waals surface area contributed by atoms with Gasteiger partial charge in [0.25, 0.3) is 0 Å². The molecule has 0 saturated carbocycles. The van der Waals surface area contributed by atoms with Gasteiger partial charge in [-0.25, -0.2) is 9.78 Å². The maximum atomic E-state index is 11.3. The fourth-order valence-corrected chi connectivity index (χ4v) is 1.05. The van der Waals surface area contributed by atoms with Crippen molar-refractivity contribution in [1.29, 1.82) is 0 Å². The van der Waals surface area contributed by atoms with E-state index in [1.54, 1.807) is 13.1 Å². The Bertz CT molecular complexity index is 446. The summed E-state index contributed by atoms with van der Waals surface area (Å²) in [7, 11) is 3.09. The standard InChI is InChI=1S/C11H13N3O2/c1-13-5-3-4-8-6-9(11(15)16-2)10(12)14-7-8/h6-7,13H,5H2,1-2H3,(H2,12,14). The lowest BCUT2D eigenvalue weighted by molar-refractivity contribution is 0.0601. The Morgan fingerprint density at radius 1 is 1.69 bits per heavy atom. The van der Waals surface area contributed by atoms with Crippen LogP contribution in [-0.2, 0) is 4.74 Å². The summed E-state index contributed by atoms with van der Waals surface area (Å²) in [6.07, 6.45) is 1.52. The molecule has 0 unspecified atom stereocenters. The fraction of sp³-hybridized carbons (Fsp3) is 0.273. The Labute approximate surface area is 94.0 Å². The fourth-order valence-electron chi connectivity index (χ4n) is 1.05. The second kappa shape index (κ2) is 5.73. The van der Waals surface area contributed by atoms with Crippen LogP contribution in [0.4, 0.5) is 5.82 Å². The molecular formula is C11H13N3O2. The molecule has 5 nitrogen and oxygen atoms in total. The molecule has 0 spiro atoms. The summed E-state index contributed by atoms with van der Waals surface area (Å²) in [4.78, 5) is 15.2. The van der Waals surface area contributed by atoms with Crippen LogP contribution in [0.5, 0.6) is 0 Å². The number of hydrogen-bond donors (Lipinski definition) is 2. The highest BCUT2D eigenvalue weighted by Gasteiger charge is 2.10. The summed E-state index contributed by atoms with van der Waals surface area (Å²) in [6.45, 7) is 0.567. The molecule has 0 bridgehead atoms. The van der Waals surface area contributed by atoms with Crippen LogP contribution in [0.15, 0.2) is 12.3 Å². The Hall–Kier alpha value is -2.06. The number of carbonyl (C=O) groups is 1. The van der Waals surface area contributed by atoms with E-state index in [-0.39, 0.29) is 11.4 Å². The number of aromatic nitrogens is 1. The molecule has 1 aromatic heterocycles. The molecule has 0 aliphatic heterocycles. The number of nitrogens with one attached hydrogen (secondary N) is 1. The van der Waals surface area contributed by atoms with E-state index in [0.717, 1.165) is 0 Å². The molecule has 0 aliphatic carbocycles. The molecule has 0 aromatic carbocycles. The van der Waals surface area contributed by atoms with Crippen molar-refractivity contribution in [1.82, 2.24) is 10.3 Å². The summed E-state index contributed by atoms with van der Waals surface area (Å²) in [5.74, 6) is 5.35. The first-order valence-corrected chi connectivity index (χ1v) is 4.66. The van der Waals surface area contributed by atoms with Crippen molar-refractivity contribution < 1.29 is 9.53 Å². The first-order valence-electron chi connectivity index (χ1n) is 4.66. The largest absolute Gasteiger partial charge is 0.465 e. The average molecular weight is 219 g/mol. The molecule has 0 amide bonds. The Balaban J connectivity index is 2.99. The van der Waals surface area contributed by atoms with E-state index >= 15 is 0 Å². The Morgan fingerprint density at radius 3 is 3.06 bits per heavy atom. The monoisotopic (exact) mass is 219 g/mol. The number of pyridine rings is 1. The van der Waals surface area contributed by atoms with Gasteiger partial charge in [0.05, 0.1) is 13.7 Å². The highest BCUT2D eigenvalue weighted by atomic mass is 16.5. The van der Waals surface area contributed by atoms with E-state index in [0.29, 0.717) is 12.1 Å². The quantitative estimate of drug-likeness (QED) is 0.541. The van der Waals surface area contributed by atoms with Crippen molar-refractivity contribution >= 4 is 11.8 Å². The third kappa shape index (κ3) is 2.97. The zero-order valence-corrected chi connectivity index (χ0v) is 9.20. The van der Waals surface area contributed by atoms with Gasteiger partial charge in [0.15, 0.2) is 0 Å². The van der Waals surface area contributed by atoms with Gasteiger partial charge in [-0.1, -0.05) is 11.8 Å². The van der Waals surface area contributed by atoms with Gasteiger partial charge < -0.3 is 15.8 Å². The molecule has 3 N–H and O–H groups in total. The molecule has 1 heterocycles. The predicted octanol–water partition coefficient (Wildman–Crippen LogP) is 0.0213.